The average molecular weight is 506 g/mol. The molecule has 5 rings (SSSR count). The maximum atomic E-state index is 13.1. The number of carbonyl (C=O) groups excluding carboxylic acids is 1. The summed E-state index contributed by atoms with van der Waals surface area (Å²) in [5.41, 5.74) is 4.19. The molecule has 148 valence electrons. The number of aromatic amines is 1. The van der Waals surface area contributed by atoms with Crippen LogP contribution in [0, 0.1) is 9.94 Å². The Morgan fingerprint density at radius 2 is 2.25 bits per heavy atom. The SMILES string of the molecule is CCC1([I-]c2nc3c(s2)CN(C(=O)c2cc4c(C)cccc4[nH]2)CC3)CCC1. The topological polar surface area (TPSA) is 49.0 Å². The van der Waals surface area contributed by atoms with Crippen LogP contribution in [0.25, 0.3) is 10.9 Å². The number of hydrogen-bond acceptors (Lipinski definition) is 3. The predicted octanol–water partition coefficient (Wildman–Crippen LogP) is 1.72. The van der Waals surface area contributed by atoms with Gasteiger partial charge in [0.05, 0.1) is 0 Å². The van der Waals surface area contributed by atoms with Crippen LogP contribution in [0.2, 0.25) is 0 Å². The number of fused-ring (bicyclic) bond motifs is 2. The van der Waals surface area contributed by atoms with Crippen molar-refractivity contribution in [2.75, 3.05) is 6.54 Å². The van der Waals surface area contributed by atoms with Crippen molar-refractivity contribution in [2.24, 2.45) is 0 Å². The number of rotatable bonds is 4. The first-order valence-corrected chi connectivity index (χ1v) is 13.1. The van der Waals surface area contributed by atoms with Crippen LogP contribution in [-0.2, 0) is 13.0 Å². The van der Waals surface area contributed by atoms with E-state index in [0.717, 1.165) is 23.9 Å². The summed E-state index contributed by atoms with van der Waals surface area (Å²) in [5.74, 6) is 0.106. The molecule has 1 aromatic carbocycles. The Kier molecular flexibility index (Phi) is 4.74. The molecule has 1 fully saturated rings. The zero-order valence-electron chi connectivity index (χ0n) is 16.3. The molecule has 0 radical (unpaired) electrons. The van der Waals surface area contributed by atoms with E-state index in [1.807, 2.05) is 34.4 Å². The number of aryl methyl sites for hydroxylation is 1. The molecule has 0 bridgehead atoms. The van der Waals surface area contributed by atoms with Gasteiger partial charge in [0, 0.05) is 0 Å². The van der Waals surface area contributed by atoms with E-state index >= 15 is 0 Å². The number of aromatic nitrogens is 2. The van der Waals surface area contributed by atoms with E-state index < -0.39 is 0 Å². The van der Waals surface area contributed by atoms with Crippen LogP contribution in [0.15, 0.2) is 24.3 Å². The molecular weight excluding hydrogens is 481 g/mol. The third-order valence-electron chi connectivity index (χ3n) is 6.27. The van der Waals surface area contributed by atoms with Crippen molar-refractivity contribution < 1.29 is 26.0 Å². The summed E-state index contributed by atoms with van der Waals surface area (Å²) < 4.78 is 2.00. The second-order valence-electron chi connectivity index (χ2n) is 7.99. The van der Waals surface area contributed by atoms with Gasteiger partial charge in [-0.1, -0.05) is 0 Å². The summed E-state index contributed by atoms with van der Waals surface area (Å²) in [6.07, 6.45) is 6.37. The third kappa shape index (κ3) is 3.18. The molecule has 0 atom stereocenters. The van der Waals surface area contributed by atoms with Crippen molar-refractivity contribution in [1.29, 1.82) is 0 Å². The molecule has 1 amide bonds. The van der Waals surface area contributed by atoms with Crippen LogP contribution >= 0.6 is 11.3 Å². The van der Waals surface area contributed by atoms with Crippen molar-refractivity contribution in [3.05, 3.63) is 49.1 Å². The number of alkyl halides is 1. The zero-order valence-corrected chi connectivity index (χ0v) is 19.3. The summed E-state index contributed by atoms with van der Waals surface area (Å²) in [6.45, 7) is 5.91. The molecule has 3 heterocycles. The first-order valence-electron chi connectivity index (χ1n) is 10.1. The van der Waals surface area contributed by atoms with Gasteiger partial charge in [0.25, 0.3) is 0 Å². The van der Waals surface area contributed by atoms with Crippen LogP contribution < -0.4 is 21.2 Å². The normalized spacial score (nSPS) is 18.3. The van der Waals surface area contributed by atoms with E-state index in [1.54, 1.807) is 0 Å². The van der Waals surface area contributed by atoms with E-state index in [-0.39, 0.29) is 27.1 Å². The summed E-state index contributed by atoms with van der Waals surface area (Å²) in [7, 11) is 0. The molecule has 2 aromatic heterocycles. The maximum absolute atomic E-state index is 13.1. The number of nitrogens with one attached hydrogen (secondary N) is 1. The Bertz CT molecular complexity index is 1040. The van der Waals surface area contributed by atoms with Crippen LogP contribution in [0.3, 0.4) is 0 Å². The summed E-state index contributed by atoms with van der Waals surface area (Å²) >= 11 is 1.87. The molecule has 1 N–H and O–H groups in total. The Hall–Kier alpha value is -1.41. The number of H-pyrrole nitrogens is 1. The summed E-state index contributed by atoms with van der Waals surface area (Å²) in [4.78, 5) is 24.7. The van der Waals surface area contributed by atoms with Gasteiger partial charge < -0.3 is 0 Å². The molecule has 1 aliphatic heterocycles. The number of halogens is 1. The van der Waals surface area contributed by atoms with E-state index in [2.05, 4.69) is 24.9 Å². The fourth-order valence-corrected chi connectivity index (χ4v) is 10.4. The van der Waals surface area contributed by atoms with E-state index in [4.69, 9.17) is 4.98 Å². The van der Waals surface area contributed by atoms with Crippen LogP contribution in [0.5, 0.6) is 0 Å². The number of amides is 1. The summed E-state index contributed by atoms with van der Waals surface area (Å²) in [6, 6.07) is 8.16. The Morgan fingerprint density at radius 1 is 1.39 bits per heavy atom. The van der Waals surface area contributed by atoms with Crippen LogP contribution in [0.4, 0.5) is 0 Å². The number of nitrogens with zero attached hydrogens (tertiary/aromatic N) is 2. The molecule has 0 spiro atoms. The Labute approximate surface area is 180 Å². The Balaban J connectivity index is 1.35. The average Bonchev–Trinajstić information content (AvgIpc) is 3.27. The van der Waals surface area contributed by atoms with Gasteiger partial charge in [-0.25, -0.2) is 0 Å². The first kappa shape index (κ1) is 18.6. The van der Waals surface area contributed by atoms with Crippen LogP contribution in [-0.4, -0.2) is 30.7 Å². The van der Waals surface area contributed by atoms with Crippen molar-refractivity contribution in [3.63, 3.8) is 0 Å². The fourth-order valence-electron chi connectivity index (χ4n) is 4.22. The number of hydrogen-bond donors (Lipinski definition) is 1. The molecule has 6 heteroatoms. The van der Waals surface area contributed by atoms with E-state index in [0.29, 0.717) is 15.7 Å². The number of thiazole rings is 1. The molecule has 0 unspecified atom stereocenters. The van der Waals surface area contributed by atoms with Gasteiger partial charge >= 0.3 is 181 Å². The third-order valence-corrected chi connectivity index (χ3v) is 12.0. The first-order chi connectivity index (χ1) is 13.6. The van der Waals surface area contributed by atoms with Gasteiger partial charge in [-0.2, -0.15) is 0 Å². The standard InChI is InChI=1S/C22H25IN3OS/c1-3-22(9-5-10-22)23-21-25-17-8-11-26(13-19(17)28-21)20(27)18-12-15-14(2)6-4-7-16(15)24-18/h4,6-7,12,24H,3,5,8-11,13H2,1-2H3/q-1. The molecule has 1 aliphatic carbocycles. The Morgan fingerprint density at radius 3 is 2.96 bits per heavy atom. The summed E-state index contributed by atoms with van der Waals surface area (Å²) in [5, 5.41) is 1.14. The van der Waals surface area contributed by atoms with Crippen molar-refractivity contribution in [1.82, 2.24) is 14.9 Å². The molecule has 1 saturated carbocycles. The molecular formula is C22H25IN3OS-. The molecule has 28 heavy (non-hydrogen) atoms. The number of carbonyl (C=O) groups is 1. The molecule has 4 nitrogen and oxygen atoms in total. The minimum atomic E-state index is -0.0115. The monoisotopic (exact) mass is 506 g/mol. The zero-order chi connectivity index (χ0) is 19.3. The fraction of sp³-hybridized carbons (Fsp3) is 0.455. The van der Waals surface area contributed by atoms with E-state index in [1.165, 1.54) is 44.8 Å². The predicted molar refractivity (Wildman–Crippen MR) is 109 cm³/mol. The minimum absolute atomic E-state index is 0.0115. The van der Waals surface area contributed by atoms with Gasteiger partial charge in [0.1, 0.15) is 0 Å². The van der Waals surface area contributed by atoms with Gasteiger partial charge in [-0.15, -0.1) is 0 Å². The van der Waals surface area contributed by atoms with Gasteiger partial charge in [0.15, 0.2) is 0 Å². The van der Waals surface area contributed by atoms with E-state index in [9.17, 15) is 4.79 Å². The second-order valence-corrected chi connectivity index (χ2v) is 13.7. The van der Waals surface area contributed by atoms with Gasteiger partial charge in [0.2, 0.25) is 0 Å². The van der Waals surface area contributed by atoms with Crippen LogP contribution in [0.1, 0.15) is 59.2 Å². The van der Waals surface area contributed by atoms with Crippen molar-refractivity contribution in [2.45, 2.75) is 55.9 Å². The van der Waals surface area contributed by atoms with Crippen molar-refractivity contribution >= 4 is 28.1 Å². The quantitative estimate of drug-likeness (QED) is 0.433. The molecule has 3 aromatic rings. The second kappa shape index (κ2) is 7.13. The van der Waals surface area contributed by atoms with Crippen molar-refractivity contribution in [3.8, 4) is 0 Å². The van der Waals surface area contributed by atoms with Gasteiger partial charge in [-0.05, 0) is 0 Å². The number of benzene rings is 1. The van der Waals surface area contributed by atoms with Gasteiger partial charge in [-0.3, -0.25) is 0 Å². The molecule has 2 aliphatic rings. The molecule has 0 saturated heterocycles.